The predicted octanol–water partition coefficient (Wildman–Crippen LogP) is 3.26. The van der Waals surface area contributed by atoms with Gasteiger partial charge in [0.05, 0.1) is 0 Å². The molecule has 0 fully saturated rings. The van der Waals surface area contributed by atoms with Crippen LogP contribution in [0.5, 0.6) is 0 Å². The summed E-state index contributed by atoms with van der Waals surface area (Å²) < 4.78 is 0. The highest BCUT2D eigenvalue weighted by Crippen LogP contribution is 2.18. The van der Waals surface area contributed by atoms with Gasteiger partial charge in [-0.3, -0.25) is 9.59 Å². The maximum atomic E-state index is 12.2. The Kier molecular flexibility index (Phi) is 4.34. The van der Waals surface area contributed by atoms with E-state index in [2.05, 4.69) is 0 Å². The van der Waals surface area contributed by atoms with Crippen molar-refractivity contribution in [2.24, 2.45) is 0 Å². The van der Waals surface area contributed by atoms with E-state index in [-0.39, 0.29) is 11.6 Å². The van der Waals surface area contributed by atoms with E-state index < -0.39 is 5.60 Å². The molecule has 0 spiro atoms. The van der Waals surface area contributed by atoms with Crippen molar-refractivity contribution in [2.75, 3.05) is 0 Å². The first-order valence-corrected chi connectivity index (χ1v) is 6.92. The van der Waals surface area contributed by atoms with Crippen LogP contribution in [-0.4, -0.2) is 22.3 Å². The number of hydrogen-bond donors (Lipinski definition) is 1. The molecule has 0 saturated carbocycles. The van der Waals surface area contributed by atoms with Gasteiger partial charge in [0.2, 0.25) is 0 Å². The van der Waals surface area contributed by atoms with E-state index in [9.17, 15) is 14.7 Å². The molecule has 0 heterocycles. The van der Waals surface area contributed by atoms with Crippen molar-refractivity contribution in [3.05, 3.63) is 71.3 Å². The van der Waals surface area contributed by atoms with Crippen LogP contribution in [0.1, 0.15) is 46.5 Å². The highest BCUT2D eigenvalue weighted by Gasteiger charge is 2.28. The molecule has 0 saturated heterocycles. The lowest BCUT2D eigenvalue weighted by atomic mass is 9.91. The second-order valence-corrected chi connectivity index (χ2v) is 5.23. The van der Waals surface area contributed by atoms with E-state index in [1.54, 1.807) is 43.3 Å². The Labute approximate surface area is 124 Å². The molecule has 0 aliphatic carbocycles. The van der Waals surface area contributed by atoms with Crippen LogP contribution in [0.15, 0.2) is 54.6 Å². The van der Waals surface area contributed by atoms with Crippen molar-refractivity contribution in [2.45, 2.75) is 25.9 Å². The molecule has 108 valence electrons. The number of ketones is 2. The van der Waals surface area contributed by atoms with E-state index in [0.717, 1.165) is 0 Å². The lowest BCUT2D eigenvalue weighted by Gasteiger charge is -2.19. The summed E-state index contributed by atoms with van der Waals surface area (Å²) in [4.78, 5) is 24.4. The third-order valence-electron chi connectivity index (χ3n) is 3.62. The minimum atomic E-state index is -1.37. The highest BCUT2D eigenvalue weighted by molar-refractivity contribution is 6.09. The highest BCUT2D eigenvalue weighted by atomic mass is 16.3. The molecule has 3 nitrogen and oxygen atoms in total. The van der Waals surface area contributed by atoms with Crippen LogP contribution in [0.3, 0.4) is 0 Å². The minimum absolute atomic E-state index is 0.0862. The number of rotatable bonds is 5. The maximum Gasteiger partial charge on any atom is 0.194 e. The Balaban J connectivity index is 2.24. The van der Waals surface area contributed by atoms with Gasteiger partial charge in [-0.2, -0.15) is 0 Å². The average molecular weight is 282 g/mol. The van der Waals surface area contributed by atoms with Crippen LogP contribution < -0.4 is 0 Å². The SMILES string of the molecule is CCC(C)(O)C(=O)c1ccc(C(=O)c2ccccc2)cc1. The van der Waals surface area contributed by atoms with Crippen LogP contribution >= 0.6 is 0 Å². The number of Topliss-reactive ketones (excluding diaryl/α,β-unsaturated/α-hetero) is 1. The van der Waals surface area contributed by atoms with Gasteiger partial charge < -0.3 is 5.11 Å². The first-order chi connectivity index (χ1) is 9.95. The molecule has 2 aromatic carbocycles. The minimum Gasteiger partial charge on any atom is -0.382 e. The van der Waals surface area contributed by atoms with Crippen molar-refractivity contribution in [1.82, 2.24) is 0 Å². The Hall–Kier alpha value is -2.26. The van der Waals surface area contributed by atoms with Gasteiger partial charge in [0, 0.05) is 16.7 Å². The van der Waals surface area contributed by atoms with Crippen molar-refractivity contribution < 1.29 is 14.7 Å². The quantitative estimate of drug-likeness (QED) is 0.856. The first kappa shape index (κ1) is 15.1. The van der Waals surface area contributed by atoms with E-state index in [4.69, 9.17) is 0 Å². The van der Waals surface area contributed by atoms with Gasteiger partial charge in [0.1, 0.15) is 5.60 Å². The summed E-state index contributed by atoms with van der Waals surface area (Å²) in [5, 5.41) is 9.99. The van der Waals surface area contributed by atoms with Gasteiger partial charge >= 0.3 is 0 Å². The molecule has 0 bridgehead atoms. The van der Waals surface area contributed by atoms with Gasteiger partial charge in [-0.05, 0) is 13.3 Å². The summed E-state index contributed by atoms with van der Waals surface area (Å²) in [6.45, 7) is 3.25. The zero-order valence-corrected chi connectivity index (χ0v) is 12.2. The third kappa shape index (κ3) is 3.26. The summed E-state index contributed by atoms with van der Waals surface area (Å²) >= 11 is 0. The Bertz CT molecular complexity index is 640. The van der Waals surface area contributed by atoms with E-state index >= 15 is 0 Å². The molecular formula is C18H18O3. The van der Waals surface area contributed by atoms with Gasteiger partial charge in [-0.25, -0.2) is 0 Å². The van der Waals surface area contributed by atoms with Crippen LogP contribution in [-0.2, 0) is 0 Å². The fraction of sp³-hybridized carbons (Fsp3) is 0.222. The summed E-state index contributed by atoms with van der Waals surface area (Å²) in [7, 11) is 0. The number of hydrogen-bond acceptors (Lipinski definition) is 3. The first-order valence-electron chi connectivity index (χ1n) is 6.92. The smallest absolute Gasteiger partial charge is 0.194 e. The van der Waals surface area contributed by atoms with Crippen LogP contribution in [0.2, 0.25) is 0 Å². The number of carbonyl (C=O) groups is 2. The van der Waals surface area contributed by atoms with Gasteiger partial charge in [-0.15, -0.1) is 0 Å². The van der Waals surface area contributed by atoms with Crippen molar-refractivity contribution in [3.63, 3.8) is 0 Å². The van der Waals surface area contributed by atoms with Crippen LogP contribution in [0, 0.1) is 0 Å². The molecule has 0 aliphatic heterocycles. The molecule has 1 unspecified atom stereocenters. The normalized spacial score (nSPS) is 13.5. The summed E-state index contributed by atoms with van der Waals surface area (Å²) in [5.74, 6) is -0.416. The molecule has 21 heavy (non-hydrogen) atoms. The van der Waals surface area contributed by atoms with E-state index in [1.165, 1.54) is 6.92 Å². The summed E-state index contributed by atoms with van der Waals surface area (Å²) in [6.07, 6.45) is 0.344. The number of aliphatic hydroxyl groups is 1. The molecule has 2 rings (SSSR count). The Morgan fingerprint density at radius 1 is 0.905 bits per heavy atom. The number of carbonyl (C=O) groups excluding carboxylic acids is 2. The van der Waals surface area contributed by atoms with E-state index in [1.807, 2.05) is 18.2 Å². The molecule has 0 aromatic heterocycles. The fourth-order valence-electron chi connectivity index (χ4n) is 2.00. The predicted molar refractivity (Wildman–Crippen MR) is 81.6 cm³/mol. The summed E-state index contributed by atoms with van der Waals surface area (Å²) in [6, 6.07) is 15.4. The molecule has 1 atom stereocenters. The van der Waals surface area contributed by atoms with Crippen molar-refractivity contribution >= 4 is 11.6 Å². The van der Waals surface area contributed by atoms with Crippen LogP contribution in [0.4, 0.5) is 0 Å². The van der Waals surface area contributed by atoms with E-state index in [0.29, 0.717) is 23.1 Å². The third-order valence-corrected chi connectivity index (χ3v) is 3.62. The molecule has 0 radical (unpaired) electrons. The largest absolute Gasteiger partial charge is 0.382 e. The number of benzene rings is 2. The molecule has 0 amide bonds. The van der Waals surface area contributed by atoms with Crippen LogP contribution in [0.25, 0.3) is 0 Å². The Morgan fingerprint density at radius 2 is 1.38 bits per heavy atom. The lowest BCUT2D eigenvalue weighted by molar-refractivity contribution is 0.0390. The molecule has 2 aromatic rings. The molecular weight excluding hydrogens is 264 g/mol. The standard InChI is InChI=1S/C18H18O3/c1-3-18(2,21)17(20)15-11-9-14(10-12-15)16(19)13-7-5-4-6-8-13/h4-12,21H,3H2,1-2H3. The molecule has 1 N–H and O–H groups in total. The van der Waals surface area contributed by atoms with Gasteiger partial charge in [-0.1, -0.05) is 61.5 Å². The van der Waals surface area contributed by atoms with Crippen molar-refractivity contribution in [1.29, 1.82) is 0 Å². The second-order valence-electron chi connectivity index (χ2n) is 5.23. The molecule has 3 heteroatoms. The average Bonchev–Trinajstić information content (AvgIpc) is 2.54. The zero-order valence-electron chi connectivity index (χ0n) is 12.2. The second kappa shape index (κ2) is 6.02. The summed E-state index contributed by atoms with van der Waals surface area (Å²) in [5.41, 5.74) is 0.169. The lowest BCUT2D eigenvalue weighted by Crippen LogP contribution is -2.34. The maximum absolute atomic E-state index is 12.2. The van der Waals surface area contributed by atoms with Gasteiger partial charge in [0.25, 0.3) is 0 Å². The Morgan fingerprint density at radius 3 is 1.90 bits per heavy atom. The topological polar surface area (TPSA) is 54.4 Å². The zero-order chi connectivity index (χ0) is 15.5. The van der Waals surface area contributed by atoms with Crippen molar-refractivity contribution in [3.8, 4) is 0 Å². The monoisotopic (exact) mass is 282 g/mol. The van der Waals surface area contributed by atoms with Gasteiger partial charge in [0.15, 0.2) is 11.6 Å². The molecule has 0 aliphatic rings. The fourth-order valence-corrected chi connectivity index (χ4v) is 2.00.